The van der Waals surface area contributed by atoms with E-state index in [1.807, 2.05) is 13.0 Å². The zero-order chi connectivity index (χ0) is 19.9. The van der Waals surface area contributed by atoms with Crippen LogP contribution in [0.3, 0.4) is 0 Å². The molecule has 3 aromatic rings. The van der Waals surface area contributed by atoms with Gasteiger partial charge in [-0.2, -0.15) is 0 Å². The fraction of sp³-hybridized carbons (Fsp3) is 0.455. The van der Waals surface area contributed by atoms with Crippen molar-refractivity contribution in [3.05, 3.63) is 58.8 Å². The summed E-state index contributed by atoms with van der Waals surface area (Å²) in [5, 5.41) is 13.2. The summed E-state index contributed by atoms with van der Waals surface area (Å²) in [5.41, 5.74) is 3.32. The molecule has 0 saturated heterocycles. The summed E-state index contributed by atoms with van der Waals surface area (Å²) in [6.07, 6.45) is 7.64. The van der Waals surface area contributed by atoms with Gasteiger partial charge in [-0.05, 0) is 70.1 Å². The highest BCUT2D eigenvalue weighted by atomic mass is 35.5. The summed E-state index contributed by atoms with van der Waals surface area (Å²) in [7, 11) is 4.29. The Balaban J connectivity index is 1.90. The van der Waals surface area contributed by atoms with Gasteiger partial charge in [-0.1, -0.05) is 18.0 Å². The summed E-state index contributed by atoms with van der Waals surface area (Å²) in [4.78, 5) is 10.6. The van der Waals surface area contributed by atoms with Gasteiger partial charge < -0.3 is 14.6 Å². The molecule has 1 aromatic carbocycles. The van der Waals surface area contributed by atoms with Gasteiger partial charge in [-0.25, -0.2) is 9.97 Å². The zero-order valence-electron chi connectivity index (χ0n) is 16.7. The molecule has 6 heteroatoms. The van der Waals surface area contributed by atoms with E-state index in [4.69, 9.17) is 11.6 Å². The van der Waals surface area contributed by atoms with E-state index in [-0.39, 0.29) is 0 Å². The Bertz CT molecular complexity index is 981. The normalized spacial score (nSPS) is 19.4. The summed E-state index contributed by atoms with van der Waals surface area (Å²) >= 11 is 6.38. The van der Waals surface area contributed by atoms with Gasteiger partial charge in [-0.15, -0.1) is 0 Å². The van der Waals surface area contributed by atoms with Gasteiger partial charge in [0, 0.05) is 33.9 Å². The fourth-order valence-corrected chi connectivity index (χ4v) is 4.69. The van der Waals surface area contributed by atoms with Crippen molar-refractivity contribution < 1.29 is 5.11 Å². The van der Waals surface area contributed by atoms with Crippen molar-refractivity contribution in [2.24, 2.45) is 0 Å². The van der Waals surface area contributed by atoms with Gasteiger partial charge in [0.1, 0.15) is 11.9 Å². The molecule has 0 radical (unpaired) electrons. The third-order valence-corrected chi connectivity index (χ3v) is 6.11. The lowest BCUT2D eigenvalue weighted by atomic mass is 10.00. The number of nitrogens with zero attached hydrogens (tertiary/aromatic N) is 4. The SMILES string of the molecule is CN(C)C1CCCCc2c1c1cc(Cl)ccc1n2CC(C)(O)c1ccncn1. The lowest BCUT2D eigenvalue weighted by Crippen LogP contribution is -2.30. The molecule has 4 rings (SSSR count). The summed E-state index contributed by atoms with van der Waals surface area (Å²) in [6, 6.07) is 8.22. The van der Waals surface area contributed by atoms with Gasteiger partial charge in [0.2, 0.25) is 0 Å². The van der Waals surface area contributed by atoms with E-state index in [0.29, 0.717) is 18.3 Å². The Hall–Kier alpha value is -1.95. The molecule has 1 aliphatic rings. The Morgan fingerprint density at radius 2 is 2.11 bits per heavy atom. The summed E-state index contributed by atoms with van der Waals surface area (Å²) < 4.78 is 2.28. The molecule has 0 aliphatic heterocycles. The molecule has 0 spiro atoms. The van der Waals surface area contributed by atoms with E-state index in [1.54, 1.807) is 12.3 Å². The molecule has 1 aliphatic carbocycles. The van der Waals surface area contributed by atoms with Crippen LogP contribution in [-0.4, -0.2) is 38.6 Å². The van der Waals surface area contributed by atoms with Crippen LogP contribution in [0.2, 0.25) is 5.02 Å². The minimum atomic E-state index is -1.10. The van der Waals surface area contributed by atoms with Crippen LogP contribution in [0.4, 0.5) is 0 Å². The van der Waals surface area contributed by atoms with Crippen LogP contribution in [-0.2, 0) is 18.6 Å². The number of rotatable bonds is 4. The molecule has 2 heterocycles. The van der Waals surface area contributed by atoms with E-state index >= 15 is 0 Å². The number of halogens is 1. The van der Waals surface area contributed by atoms with E-state index in [1.165, 1.54) is 29.4 Å². The minimum Gasteiger partial charge on any atom is -0.382 e. The number of benzene rings is 1. The Morgan fingerprint density at radius 3 is 2.82 bits per heavy atom. The number of hydrogen-bond donors (Lipinski definition) is 1. The second-order valence-corrected chi connectivity index (χ2v) is 8.64. The largest absolute Gasteiger partial charge is 0.382 e. The lowest BCUT2D eigenvalue weighted by molar-refractivity contribution is 0.0342. The third-order valence-electron chi connectivity index (χ3n) is 5.87. The summed E-state index contributed by atoms with van der Waals surface area (Å²) in [6.45, 7) is 2.27. The first kappa shape index (κ1) is 19.4. The van der Waals surface area contributed by atoms with Crippen molar-refractivity contribution in [2.75, 3.05) is 14.1 Å². The molecule has 28 heavy (non-hydrogen) atoms. The maximum absolute atomic E-state index is 11.3. The Kier molecular flexibility index (Phi) is 5.17. The average molecular weight is 399 g/mol. The van der Waals surface area contributed by atoms with E-state index in [2.05, 4.69) is 45.7 Å². The molecular weight excluding hydrogens is 372 g/mol. The van der Waals surface area contributed by atoms with Crippen molar-refractivity contribution in [3.63, 3.8) is 0 Å². The maximum atomic E-state index is 11.3. The molecule has 2 aromatic heterocycles. The standard InChI is InChI=1S/C22H27ClN4O/c1-22(28,20-10-11-24-14-25-20)13-27-17-9-8-15(23)12-16(17)21-18(26(2)3)6-4-5-7-19(21)27/h8-12,14,18,28H,4-7,13H2,1-3H3. The van der Waals surface area contributed by atoms with E-state index in [0.717, 1.165) is 29.8 Å². The van der Waals surface area contributed by atoms with Crippen molar-refractivity contribution in [2.45, 2.75) is 50.8 Å². The van der Waals surface area contributed by atoms with Crippen molar-refractivity contribution in [1.82, 2.24) is 19.4 Å². The first-order valence-corrected chi connectivity index (χ1v) is 10.2. The average Bonchev–Trinajstić information content (AvgIpc) is 2.83. The number of fused-ring (bicyclic) bond motifs is 3. The maximum Gasteiger partial charge on any atom is 0.122 e. The second kappa shape index (κ2) is 7.47. The highest BCUT2D eigenvalue weighted by Gasteiger charge is 2.32. The van der Waals surface area contributed by atoms with Crippen molar-refractivity contribution >= 4 is 22.5 Å². The van der Waals surface area contributed by atoms with Gasteiger partial charge >= 0.3 is 0 Å². The van der Waals surface area contributed by atoms with E-state index < -0.39 is 5.60 Å². The van der Waals surface area contributed by atoms with Crippen LogP contribution < -0.4 is 0 Å². The number of hydrogen-bond acceptors (Lipinski definition) is 4. The van der Waals surface area contributed by atoms with Crippen LogP contribution in [0.5, 0.6) is 0 Å². The van der Waals surface area contributed by atoms with Crippen molar-refractivity contribution in [1.29, 1.82) is 0 Å². The fourth-order valence-electron chi connectivity index (χ4n) is 4.52. The number of aliphatic hydroxyl groups is 1. The van der Waals surface area contributed by atoms with Crippen LogP contribution in [0, 0.1) is 0 Å². The molecule has 0 saturated carbocycles. The van der Waals surface area contributed by atoms with E-state index in [9.17, 15) is 5.11 Å². The highest BCUT2D eigenvalue weighted by Crippen LogP contribution is 2.41. The van der Waals surface area contributed by atoms with Crippen LogP contribution >= 0.6 is 11.6 Å². The number of aromatic nitrogens is 3. The van der Waals surface area contributed by atoms with Crippen LogP contribution in [0.1, 0.15) is 49.2 Å². The molecule has 5 nitrogen and oxygen atoms in total. The minimum absolute atomic E-state index is 0.351. The molecule has 2 unspecified atom stereocenters. The first-order chi connectivity index (χ1) is 13.4. The monoisotopic (exact) mass is 398 g/mol. The van der Waals surface area contributed by atoms with Crippen LogP contribution in [0.25, 0.3) is 10.9 Å². The molecule has 1 N–H and O–H groups in total. The molecular formula is C22H27ClN4O. The predicted molar refractivity (Wildman–Crippen MR) is 113 cm³/mol. The zero-order valence-corrected chi connectivity index (χ0v) is 17.4. The highest BCUT2D eigenvalue weighted by molar-refractivity contribution is 6.31. The van der Waals surface area contributed by atoms with Crippen molar-refractivity contribution in [3.8, 4) is 0 Å². The van der Waals surface area contributed by atoms with Gasteiger partial charge in [-0.3, -0.25) is 0 Å². The predicted octanol–water partition coefficient (Wildman–Crippen LogP) is 4.32. The topological polar surface area (TPSA) is 54.2 Å². The summed E-state index contributed by atoms with van der Waals surface area (Å²) in [5.74, 6) is 0. The third kappa shape index (κ3) is 3.43. The Labute approximate surface area is 171 Å². The van der Waals surface area contributed by atoms with Gasteiger partial charge in [0.15, 0.2) is 0 Å². The lowest BCUT2D eigenvalue weighted by Gasteiger charge is -2.26. The molecule has 148 valence electrons. The smallest absolute Gasteiger partial charge is 0.122 e. The quantitative estimate of drug-likeness (QED) is 0.665. The van der Waals surface area contributed by atoms with Gasteiger partial charge in [0.05, 0.1) is 12.2 Å². The molecule has 0 bridgehead atoms. The Morgan fingerprint density at radius 1 is 1.29 bits per heavy atom. The van der Waals surface area contributed by atoms with Gasteiger partial charge in [0.25, 0.3) is 0 Å². The first-order valence-electron chi connectivity index (χ1n) is 9.84. The molecule has 2 atom stereocenters. The molecule has 0 amide bonds. The molecule has 0 fully saturated rings. The second-order valence-electron chi connectivity index (χ2n) is 8.20. The van der Waals surface area contributed by atoms with Crippen LogP contribution in [0.15, 0.2) is 36.8 Å².